The Balaban J connectivity index is 4.50. The molecular formula is C7H10N2O2. The molecule has 0 heterocycles. The van der Waals surface area contributed by atoms with Gasteiger partial charge in [-0.3, -0.25) is 9.59 Å². The normalized spacial score (nSPS) is 12.5. The van der Waals surface area contributed by atoms with Crippen LogP contribution in [-0.2, 0) is 9.59 Å². The minimum absolute atomic E-state index is 0.157. The van der Waals surface area contributed by atoms with Gasteiger partial charge in [-0.05, 0) is 0 Å². The Morgan fingerprint density at radius 1 is 1.45 bits per heavy atom. The van der Waals surface area contributed by atoms with Crippen LogP contribution in [0.15, 0.2) is 23.5 Å². The molecule has 0 aromatic heterocycles. The molecule has 11 heavy (non-hydrogen) atoms. The maximum Gasteiger partial charge on any atom is 0.153 e. The van der Waals surface area contributed by atoms with E-state index in [1.54, 1.807) is 7.05 Å². The van der Waals surface area contributed by atoms with Crippen LogP contribution in [0.3, 0.4) is 0 Å². The van der Waals surface area contributed by atoms with Crippen LogP contribution < -0.4 is 11.1 Å². The number of allylic oxidation sites excluding steroid dienone is 2. The molecule has 0 fully saturated rings. The van der Waals surface area contributed by atoms with Crippen LogP contribution in [0.25, 0.3) is 0 Å². The first-order valence-electron chi connectivity index (χ1n) is 3.00. The van der Waals surface area contributed by atoms with Gasteiger partial charge >= 0.3 is 0 Å². The molecular weight excluding hydrogens is 144 g/mol. The summed E-state index contributed by atoms with van der Waals surface area (Å²) in [5.41, 5.74) is 5.74. The van der Waals surface area contributed by atoms with Gasteiger partial charge < -0.3 is 11.1 Å². The smallest absolute Gasteiger partial charge is 0.153 e. The predicted molar refractivity (Wildman–Crippen MR) is 41.5 cm³/mol. The molecule has 3 N–H and O–H groups in total. The fourth-order valence-electron chi connectivity index (χ4n) is 0.510. The van der Waals surface area contributed by atoms with E-state index in [1.165, 1.54) is 6.20 Å². The number of hydrogen-bond donors (Lipinski definition) is 2. The molecule has 0 aromatic rings. The van der Waals surface area contributed by atoms with Crippen LogP contribution in [0, 0.1) is 0 Å². The third-order valence-corrected chi connectivity index (χ3v) is 1.01. The maximum atomic E-state index is 10.3. The summed E-state index contributed by atoms with van der Waals surface area (Å²) in [6.45, 7) is 0. The van der Waals surface area contributed by atoms with Gasteiger partial charge in [0.15, 0.2) is 6.29 Å². The lowest BCUT2D eigenvalue weighted by molar-refractivity contribution is -0.104. The highest BCUT2D eigenvalue weighted by atomic mass is 16.1. The van der Waals surface area contributed by atoms with Gasteiger partial charge in [-0.2, -0.15) is 0 Å². The molecule has 0 atom stereocenters. The Labute approximate surface area is 64.8 Å². The van der Waals surface area contributed by atoms with Crippen molar-refractivity contribution in [3.8, 4) is 0 Å². The zero-order chi connectivity index (χ0) is 8.69. The molecule has 0 rings (SSSR count). The highest BCUT2D eigenvalue weighted by Crippen LogP contribution is 1.96. The lowest BCUT2D eigenvalue weighted by Gasteiger charge is -1.96. The monoisotopic (exact) mass is 154 g/mol. The number of hydrogen-bond acceptors (Lipinski definition) is 4. The average molecular weight is 154 g/mol. The highest BCUT2D eigenvalue weighted by molar-refractivity contribution is 5.82. The Morgan fingerprint density at radius 3 is 2.45 bits per heavy atom. The molecule has 0 saturated carbocycles. The van der Waals surface area contributed by atoms with Crippen LogP contribution in [0.2, 0.25) is 0 Å². The quantitative estimate of drug-likeness (QED) is 0.320. The summed E-state index contributed by atoms with van der Waals surface area (Å²) in [4.78, 5) is 20.2. The molecule has 0 amide bonds. The standard InChI is InChI=1S/C7H10N2O2/c1-9-4-6(5-11)7(8)2-3-10/h2-5,9H,8H2,1H3/b6-4-,7-2+. The molecule has 0 aromatic carbocycles. The Bertz CT molecular complexity index is 206. The molecule has 0 aliphatic rings. The van der Waals surface area contributed by atoms with E-state index in [0.29, 0.717) is 12.6 Å². The third kappa shape index (κ3) is 3.20. The van der Waals surface area contributed by atoms with E-state index in [4.69, 9.17) is 5.73 Å². The van der Waals surface area contributed by atoms with E-state index in [-0.39, 0.29) is 11.3 Å². The predicted octanol–water partition coefficient (Wildman–Crippen LogP) is -0.670. The fraction of sp³-hybridized carbons (Fsp3) is 0.143. The zero-order valence-corrected chi connectivity index (χ0v) is 6.20. The summed E-state index contributed by atoms with van der Waals surface area (Å²) in [5.74, 6) is 0. The number of aldehydes is 2. The van der Waals surface area contributed by atoms with E-state index in [0.717, 1.165) is 6.08 Å². The zero-order valence-electron chi connectivity index (χ0n) is 6.20. The third-order valence-electron chi connectivity index (χ3n) is 1.01. The summed E-state index contributed by atoms with van der Waals surface area (Å²) in [5, 5.41) is 2.63. The molecule has 60 valence electrons. The van der Waals surface area contributed by atoms with Crippen molar-refractivity contribution in [2.24, 2.45) is 5.73 Å². The van der Waals surface area contributed by atoms with Gasteiger partial charge in [0, 0.05) is 25.0 Å². The van der Waals surface area contributed by atoms with Crippen molar-refractivity contribution >= 4 is 12.6 Å². The molecule has 0 bridgehead atoms. The van der Waals surface area contributed by atoms with Crippen LogP contribution in [-0.4, -0.2) is 19.6 Å². The molecule has 0 saturated heterocycles. The van der Waals surface area contributed by atoms with Crippen molar-refractivity contribution in [3.63, 3.8) is 0 Å². The van der Waals surface area contributed by atoms with Gasteiger partial charge in [0.05, 0.1) is 5.57 Å². The van der Waals surface area contributed by atoms with E-state index in [2.05, 4.69) is 5.32 Å². The fourth-order valence-corrected chi connectivity index (χ4v) is 0.510. The molecule has 0 unspecified atom stereocenters. The van der Waals surface area contributed by atoms with E-state index in [9.17, 15) is 9.59 Å². The van der Waals surface area contributed by atoms with Gasteiger partial charge in [-0.25, -0.2) is 0 Å². The highest BCUT2D eigenvalue weighted by Gasteiger charge is 1.96. The summed E-state index contributed by atoms with van der Waals surface area (Å²) >= 11 is 0. The first-order valence-corrected chi connectivity index (χ1v) is 3.00. The summed E-state index contributed by atoms with van der Waals surface area (Å²) in [7, 11) is 1.64. The summed E-state index contributed by atoms with van der Waals surface area (Å²) in [6, 6.07) is 0. The molecule has 0 aliphatic carbocycles. The van der Waals surface area contributed by atoms with Crippen LogP contribution in [0.4, 0.5) is 0 Å². The largest absolute Gasteiger partial charge is 0.398 e. The average Bonchev–Trinajstić information content (AvgIpc) is 2.00. The number of carbonyl (C=O) groups is 2. The van der Waals surface area contributed by atoms with E-state index < -0.39 is 0 Å². The van der Waals surface area contributed by atoms with Crippen LogP contribution in [0.1, 0.15) is 0 Å². The van der Waals surface area contributed by atoms with Gasteiger partial charge in [0.25, 0.3) is 0 Å². The minimum atomic E-state index is 0.157. The second-order valence-electron chi connectivity index (χ2n) is 1.76. The SMILES string of the molecule is CN/C=C(C=O)\C(N)=C/C=O. The van der Waals surface area contributed by atoms with E-state index >= 15 is 0 Å². The van der Waals surface area contributed by atoms with Gasteiger partial charge in [-0.15, -0.1) is 0 Å². The molecule has 4 nitrogen and oxygen atoms in total. The summed E-state index contributed by atoms with van der Waals surface area (Å²) < 4.78 is 0. The second-order valence-corrected chi connectivity index (χ2v) is 1.76. The minimum Gasteiger partial charge on any atom is -0.398 e. The van der Waals surface area contributed by atoms with Gasteiger partial charge in [-0.1, -0.05) is 0 Å². The number of nitrogens with two attached hydrogens (primary N) is 1. The Hall–Kier alpha value is -1.58. The van der Waals surface area contributed by atoms with Crippen molar-refractivity contribution in [1.82, 2.24) is 5.32 Å². The van der Waals surface area contributed by atoms with Crippen molar-refractivity contribution < 1.29 is 9.59 Å². The first-order chi connectivity index (χ1) is 5.26. The Morgan fingerprint density at radius 2 is 2.09 bits per heavy atom. The molecule has 4 heteroatoms. The van der Waals surface area contributed by atoms with Crippen molar-refractivity contribution in [2.75, 3.05) is 7.05 Å². The molecule has 0 spiro atoms. The number of rotatable bonds is 4. The van der Waals surface area contributed by atoms with Gasteiger partial charge in [0.1, 0.15) is 6.29 Å². The number of carbonyl (C=O) groups excluding carboxylic acids is 2. The molecule has 0 radical (unpaired) electrons. The first kappa shape index (κ1) is 9.42. The van der Waals surface area contributed by atoms with E-state index in [1.807, 2.05) is 0 Å². The van der Waals surface area contributed by atoms with Crippen molar-refractivity contribution in [3.05, 3.63) is 23.5 Å². The lowest BCUT2D eigenvalue weighted by atomic mass is 10.2. The second kappa shape index (κ2) is 5.22. The topological polar surface area (TPSA) is 72.2 Å². The van der Waals surface area contributed by atoms with Gasteiger partial charge in [0.2, 0.25) is 0 Å². The lowest BCUT2D eigenvalue weighted by Crippen LogP contribution is -2.06. The van der Waals surface area contributed by atoms with Crippen LogP contribution in [0.5, 0.6) is 0 Å². The van der Waals surface area contributed by atoms with Crippen molar-refractivity contribution in [1.29, 1.82) is 0 Å². The number of nitrogens with one attached hydrogen (secondary N) is 1. The molecule has 0 aliphatic heterocycles. The summed E-state index contributed by atoms with van der Waals surface area (Å²) in [6.07, 6.45) is 3.65. The maximum absolute atomic E-state index is 10.3. The van der Waals surface area contributed by atoms with Crippen LogP contribution >= 0.6 is 0 Å². The Kier molecular flexibility index (Phi) is 4.47. The van der Waals surface area contributed by atoms with Crippen molar-refractivity contribution in [2.45, 2.75) is 0 Å².